The molecule has 0 radical (unpaired) electrons. The Bertz CT molecular complexity index is 894. The van der Waals surface area contributed by atoms with E-state index in [1.807, 2.05) is 32.1 Å². The maximum absolute atomic E-state index is 14.9. The van der Waals surface area contributed by atoms with Crippen LogP contribution >= 0.6 is 0 Å². The van der Waals surface area contributed by atoms with Crippen molar-refractivity contribution >= 4 is 18.1 Å². The first-order valence-electron chi connectivity index (χ1n) is 10.9. The van der Waals surface area contributed by atoms with Gasteiger partial charge in [-0.25, -0.2) is 19.2 Å². The molecule has 0 aromatic carbocycles. The van der Waals surface area contributed by atoms with E-state index in [-0.39, 0.29) is 12.1 Å². The molecule has 0 N–H and O–H groups in total. The number of halogens is 1. The molecule has 5 rings (SSSR count). The van der Waals surface area contributed by atoms with Crippen molar-refractivity contribution < 1.29 is 18.7 Å². The summed E-state index contributed by atoms with van der Waals surface area (Å²) >= 11 is 0. The van der Waals surface area contributed by atoms with Crippen molar-refractivity contribution in [1.82, 2.24) is 19.9 Å². The SMILES string of the molecule is Cc1c(O[C@H]2CCN(C(=O)OC3(C)CC3)C[C@H]2F)ncnc1N1CC2C=NN(C)C2C1. The molecule has 31 heavy (non-hydrogen) atoms. The number of hydrogen-bond acceptors (Lipinski definition) is 8. The van der Waals surface area contributed by atoms with Crippen LogP contribution in [-0.2, 0) is 4.74 Å². The second kappa shape index (κ2) is 7.49. The zero-order valence-corrected chi connectivity index (χ0v) is 18.2. The fourth-order valence-electron chi connectivity index (χ4n) is 4.54. The Morgan fingerprint density at radius 2 is 2.06 bits per heavy atom. The highest BCUT2D eigenvalue weighted by Gasteiger charge is 2.44. The fraction of sp³-hybridized carbons (Fsp3) is 0.714. The lowest BCUT2D eigenvalue weighted by Gasteiger charge is -2.34. The van der Waals surface area contributed by atoms with Gasteiger partial charge in [0.15, 0.2) is 6.17 Å². The quantitative estimate of drug-likeness (QED) is 0.720. The number of piperidine rings is 1. The number of alkyl halides is 1. The lowest BCUT2D eigenvalue weighted by atomic mass is 10.1. The number of carbonyl (C=O) groups excluding carboxylic acids is 1. The van der Waals surface area contributed by atoms with Crippen molar-refractivity contribution in [2.75, 3.05) is 38.1 Å². The monoisotopic (exact) mass is 432 g/mol. The number of carbonyl (C=O) groups is 1. The molecule has 4 aliphatic rings. The number of ether oxygens (including phenoxy) is 2. The molecular formula is C21H29FN6O3. The van der Waals surface area contributed by atoms with Crippen LogP contribution in [0.5, 0.6) is 5.88 Å². The number of amides is 1. The minimum atomic E-state index is -1.30. The third-order valence-electron chi connectivity index (χ3n) is 6.85. The third kappa shape index (κ3) is 3.87. The highest BCUT2D eigenvalue weighted by Crippen LogP contribution is 2.39. The Morgan fingerprint density at radius 3 is 2.77 bits per heavy atom. The van der Waals surface area contributed by atoms with E-state index in [0.29, 0.717) is 30.8 Å². The van der Waals surface area contributed by atoms with Gasteiger partial charge in [-0.3, -0.25) is 5.01 Å². The van der Waals surface area contributed by atoms with E-state index in [2.05, 4.69) is 20.0 Å². The van der Waals surface area contributed by atoms with Crippen molar-refractivity contribution in [2.24, 2.45) is 11.0 Å². The molecule has 4 heterocycles. The molecular weight excluding hydrogens is 403 g/mol. The van der Waals surface area contributed by atoms with Gasteiger partial charge >= 0.3 is 6.09 Å². The van der Waals surface area contributed by atoms with E-state index in [1.54, 1.807) is 0 Å². The summed E-state index contributed by atoms with van der Waals surface area (Å²) in [6.45, 7) is 5.84. The molecule has 1 amide bonds. The van der Waals surface area contributed by atoms with E-state index in [4.69, 9.17) is 9.47 Å². The van der Waals surface area contributed by atoms with Gasteiger partial charge in [0.1, 0.15) is 23.9 Å². The minimum Gasteiger partial charge on any atom is -0.471 e. The molecule has 1 aromatic heterocycles. The molecule has 2 saturated heterocycles. The Morgan fingerprint density at radius 1 is 1.26 bits per heavy atom. The van der Waals surface area contributed by atoms with Gasteiger partial charge in [0.25, 0.3) is 0 Å². The van der Waals surface area contributed by atoms with Gasteiger partial charge in [-0.1, -0.05) is 0 Å². The number of fused-ring (bicyclic) bond motifs is 1. The molecule has 10 heteroatoms. The average Bonchev–Trinajstić information content (AvgIpc) is 3.16. The maximum Gasteiger partial charge on any atom is 0.410 e. The molecule has 4 atom stereocenters. The molecule has 3 aliphatic heterocycles. The molecule has 0 spiro atoms. The van der Waals surface area contributed by atoms with Crippen LogP contribution in [0.15, 0.2) is 11.4 Å². The summed E-state index contributed by atoms with van der Waals surface area (Å²) in [4.78, 5) is 24.7. The molecule has 9 nitrogen and oxygen atoms in total. The van der Waals surface area contributed by atoms with E-state index in [1.165, 1.54) is 11.2 Å². The Kier molecular flexibility index (Phi) is 4.90. The zero-order valence-electron chi connectivity index (χ0n) is 18.2. The number of likely N-dealkylation sites (N-methyl/N-ethyl adjacent to an activating group) is 1. The normalized spacial score (nSPS) is 31.0. The van der Waals surface area contributed by atoms with E-state index < -0.39 is 18.4 Å². The smallest absolute Gasteiger partial charge is 0.410 e. The number of hydrogen-bond donors (Lipinski definition) is 0. The summed E-state index contributed by atoms with van der Waals surface area (Å²) in [5.74, 6) is 1.59. The predicted octanol–water partition coefficient (Wildman–Crippen LogP) is 2.00. The second-order valence-corrected chi connectivity index (χ2v) is 9.33. The number of anilines is 1. The molecule has 1 saturated carbocycles. The second-order valence-electron chi connectivity index (χ2n) is 9.33. The van der Waals surface area contributed by atoms with Gasteiger partial charge in [0.05, 0.1) is 18.2 Å². The Labute approximate surface area is 181 Å². The Hall–Kier alpha value is -2.65. The van der Waals surface area contributed by atoms with Gasteiger partial charge < -0.3 is 19.3 Å². The van der Waals surface area contributed by atoms with Gasteiger partial charge in [0.2, 0.25) is 5.88 Å². The van der Waals surface area contributed by atoms with E-state index in [0.717, 1.165) is 37.3 Å². The summed E-state index contributed by atoms with van der Waals surface area (Å²) in [6, 6.07) is 0.343. The number of likely N-dealkylation sites (tertiary alicyclic amines) is 1. The molecule has 0 bridgehead atoms. The van der Waals surface area contributed by atoms with Crippen molar-refractivity contribution in [3.8, 4) is 5.88 Å². The van der Waals surface area contributed by atoms with Crippen LogP contribution in [0.4, 0.5) is 15.0 Å². The first-order chi connectivity index (χ1) is 14.8. The van der Waals surface area contributed by atoms with Crippen LogP contribution in [0.2, 0.25) is 0 Å². The zero-order chi connectivity index (χ0) is 21.8. The number of nitrogens with zero attached hydrogens (tertiary/aromatic N) is 6. The van der Waals surface area contributed by atoms with Crippen molar-refractivity contribution in [3.63, 3.8) is 0 Å². The minimum absolute atomic E-state index is 0.0300. The first kappa shape index (κ1) is 20.3. The lowest BCUT2D eigenvalue weighted by molar-refractivity contribution is 0.00202. The van der Waals surface area contributed by atoms with Gasteiger partial charge in [0, 0.05) is 45.2 Å². The number of hydrazone groups is 1. The topological polar surface area (TPSA) is 83.4 Å². The molecule has 1 aromatic rings. The molecule has 3 fully saturated rings. The molecule has 168 valence electrons. The van der Waals surface area contributed by atoms with Crippen LogP contribution in [0.25, 0.3) is 0 Å². The number of rotatable bonds is 4. The summed E-state index contributed by atoms with van der Waals surface area (Å²) in [6.07, 6.45) is 3.20. The van der Waals surface area contributed by atoms with Crippen LogP contribution in [0.1, 0.15) is 31.7 Å². The van der Waals surface area contributed by atoms with Gasteiger partial charge in [-0.2, -0.15) is 5.10 Å². The number of aromatic nitrogens is 2. The third-order valence-corrected chi connectivity index (χ3v) is 6.85. The first-order valence-corrected chi connectivity index (χ1v) is 10.9. The predicted molar refractivity (Wildman–Crippen MR) is 112 cm³/mol. The van der Waals surface area contributed by atoms with Crippen LogP contribution in [0, 0.1) is 12.8 Å². The van der Waals surface area contributed by atoms with E-state index in [9.17, 15) is 9.18 Å². The average molecular weight is 433 g/mol. The van der Waals surface area contributed by atoms with E-state index >= 15 is 0 Å². The maximum atomic E-state index is 14.9. The summed E-state index contributed by atoms with van der Waals surface area (Å²) in [7, 11) is 1.99. The molecule has 1 aliphatic carbocycles. The fourth-order valence-corrected chi connectivity index (χ4v) is 4.54. The van der Waals surface area contributed by atoms with Crippen LogP contribution < -0.4 is 9.64 Å². The lowest BCUT2D eigenvalue weighted by Crippen LogP contribution is -2.50. The summed E-state index contributed by atoms with van der Waals surface area (Å²) in [5.41, 5.74) is 0.442. The Balaban J connectivity index is 1.22. The summed E-state index contributed by atoms with van der Waals surface area (Å²) in [5, 5.41) is 6.36. The summed E-state index contributed by atoms with van der Waals surface area (Å²) < 4.78 is 26.3. The van der Waals surface area contributed by atoms with Gasteiger partial charge in [-0.05, 0) is 26.7 Å². The van der Waals surface area contributed by atoms with Crippen molar-refractivity contribution in [2.45, 2.75) is 57.0 Å². The standard InChI is InChI=1S/C21H29FN6O3/c1-13-18(28-9-14-8-25-26(3)16(14)11-28)23-12-24-19(13)30-17-4-7-27(10-15(17)22)20(29)31-21(2)5-6-21/h8,12,14-17H,4-7,9-11H2,1-3H3/t14?,15-,16?,17+/m1/s1. The highest BCUT2D eigenvalue weighted by molar-refractivity contribution is 5.69. The largest absolute Gasteiger partial charge is 0.471 e. The van der Waals surface area contributed by atoms with Crippen LogP contribution in [0.3, 0.4) is 0 Å². The van der Waals surface area contributed by atoms with Crippen molar-refractivity contribution in [3.05, 3.63) is 11.9 Å². The molecule has 2 unspecified atom stereocenters. The van der Waals surface area contributed by atoms with Crippen molar-refractivity contribution in [1.29, 1.82) is 0 Å². The van der Waals surface area contributed by atoms with Gasteiger partial charge in [-0.15, -0.1) is 0 Å². The van der Waals surface area contributed by atoms with Crippen LogP contribution in [-0.4, -0.2) is 89.3 Å². The highest BCUT2D eigenvalue weighted by atomic mass is 19.1.